The molecule has 0 nitrogen and oxygen atoms in total. The summed E-state index contributed by atoms with van der Waals surface area (Å²) in [5, 5.41) is 0. The molecule has 0 atom stereocenters. The summed E-state index contributed by atoms with van der Waals surface area (Å²) in [5.41, 5.74) is 0. The molecule has 0 aromatic carbocycles. The lowest BCUT2D eigenvalue weighted by atomic mass is 10.5. The van der Waals surface area contributed by atoms with Crippen molar-refractivity contribution < 1.29 is 22.0 Å². The molecule has 0 saturated carbocycles. The maximum absolute atomic E-state index is 11.4. The van der Waals surface area contributed by atoms with Crippen molar-refractivity contribution in [2.75, 3.05) is 6.67 Å². The summed E-state index contributed by atoms with van der Waals surface area (Å²) in [6.45, 7) is -1.82. The van der Waals surface area contributed by atoms with Crippen LogP contribution in [0.15, 0.2) is 11.7 Å². The molecule has 0 aromatic heterocycles. The number of hydrogen-bond donors (Lipinski definition) is 0. The van der Waals surface area contributed by atoms with Crippen molar-refractivity contribution >= 4 is 0 Å². The highest BCUT2D eigenvalue weighted by atomic mass is 19.3. The molecule has 0 rings (SSSR count). The van der Waals surface area contributed by atoms with Gasteiger partial charge in [-0.25, -0.2) is 22.0 Å². The van der Waals surface area contributed by atoms with Gasteiger partial charge in [-0.2, -0.15) is 0 Å². The number of rotatable bonds is 2. The Kier molecular flexibility index (Phi) is 3.19. The van der Waals surface area contributed by atoms with Crippen molar-refractivity contribution in [1.29, 1.82) is 0 Å². The molecular formula is C4H3F5. The summed E-state index contributed by atoms with van der Waals surface area (Å²) < 4.78 is 55.9. The maximum Gasteiger partial charge on any atom is 0.292 e. The highest BCUT2D eigenvalue weighted by Gasteiger charge is 2.16. The van der Waals surface area contributed by atoms with Gasteiger partial charge in [0.15, 0.2) is 11.7 Å². The lowest BCUT2D eigenvalue weighted by Crippen LogP contribution is -1.94. The Bertz CT molecular complexity index is 116. The van der Waals surface area contributed by atoms with E-state index in [1.807, 2.05) is 0 Å². The van der Waals surface area contributed by atoms with Gasteiger partial charge in [0.2, 0.25) is 0 Å². The van der Waals surface area contributed by atoms with Gasteiger partial charge in [-0.3, -0.25) is 0 Å². The quantitative estimate of drug-likeness (QED) is 0.524. The van der Waals surface area contributed by atoms with Crippen LogP contribution in [-0.2, 0) is 0 Å². The van der Waals surface area contributed by atoms with E-state index in [-0.39, 0.29) is 0 Å². The maximum atomic E-state index is 11.4. The van der Waals surface area contributed by atoms with E-state index >= 15 is 0 Å². The van der Waals surface area contributed by atoms with Gasteiger partial charge < -0.3 is 0 Å². The smallest absolute Gasteiger partial charge is 0.243 e. The molecule has 0 aromatic rings. The van der Waals surface area contributed by atoms with E-state index in [1.165, 1.54) is 0 Å². The van der Waals surface area contributed by atoms with Gasteiger partial charge in [-0.1, -0.05) is 0 Å². The summed E-state index contributed by atoms with van der Waals surface area (Å²) in [4.78, 5) is 0. The van der Waals surface area contributed by atoms with Gasteiger partial charge in [0, 0.05) is 0 Å². The third-order valence-corrected chi connectivity index (χ3v) is 0.568. The van der Waals surface area contributed by atoms with Crippen LogP contribution in [0, 0.1) is 0 Å². The van der Waals surface area contributed by atoms with E-state index in [0.717, 1.165) is 0 Å². The lowest BCUT2D eigenvalue weighted by molar-refractivity contribution is 0.151. The first-order chi connectivity index (χ1) is 4.09. The molecule has 0 spiro atoms. The third-order valence-electron chi connectivity index (χ3n) is 0.568. The Morgan fingerprint density at radius 2 is 1.67 bits per heavy atom. The van der Waals surface area contributed by atoms with Crippen LogP contribution >= 0.6 is 0 Å². The highest BCUT2D eigenvalue weighted by molar-refractivity contribution is 5.01. The number of hydrogen-bond acceptors (Lipinski definition) is 0. The van der Waals surface area contributed by atoms with Crippen LogP contribution < -0.4 is 0 Å². The minimum atomic E-state index is -3.55. The van der Waals surface area contributed by atoms with Crippen LogP contribution in [0.25, 0.3) is 0 Å². The van der Waals surface area contributed by atoms with Crippen LogP contribution in [0.1, 0.15) is 0 Å². The first-order valence-corrected chi connectivity index (χ1v) is 1.97. The fourth-order valence-electron chi connectivity index (χ4n) is 0.182. The molecule has 0 bridgehead atoms. The average Bonchev–Trinajstić information content (AvgIpc) is 1.84. The fraction of sp³-hybridized carbons (Fsp3) is 0.500. The molecule has 9 heavy (non-hydrogen) atoms. The number of alkyl halides is 3. The first-order valence-electron chi connectivity index (χ1n) is 1.97. The van der Waals surface area contributed by atoms with Crippen LogP contribution in [0.3, 0.4) is 0 Å². The van der Waals surface area contributed by atoms with Gasteiger partial charge in [0.25, 0.3) is 6.43 Å². The molecule has 0 aliphatic heterocycles. The normalized spacial score (nSPS) is 14.0. The molecule has 0 saturated heterocycles. The van der Waals surface area contributed by atoms with E-state index < -0.39 is 24.8 Å². The minimum Gasteiger partial charge on any atom is -0.243 e. The molecule has 0 unspecified atom stereocenters. The molecule has 0 amide bonds. The first kappa shape index (κ1) is 8.39. The second-order valence-corrected chi connectivity index (χ2v) is 1.19. The van der Waals surface area contributed by atoms with Crippen molar-refractivity contribution in [3.63, 3.8) is 0 Å². The van der Waals surface area contributed by atoms with Gasteiger partial charge >= 0.3 is 0 Å². The largest absolute Gasteiger partial charge is 0.292 e. The van der Waals surface area contributed by atoms with E-state index in [2.05, 4.69) is 0 Å². The molecule has 5 heteroatoms. The van der Waals surface area contributed by atoms with Gasteiger partial charge in [-0.05, 0) is 0 Å². The zero-order valence-corrected chi connectivity index (χ0v) is 4.17. The second-order valence-electron chi connectivity index (χ2n) is 1.19. The van der Waals surface area contributed by atoms with E-state index in [1.54, 1.807) is 0 Å². The summed E-state index contributed by atoms with van der Waals surface area (Å²) >= 11 is 0. The number of halogens is 5. The molecule has 0 aliphatic carbocycles. The predicted octanol–water partition coefficient (Wildman–Crippen LogP) is 2.37. The van der Waals surface area contributed by atoms with Crippen molar-refractivity contribution in [3.8, 4) is 0 Å². The average molecular weight is 146 g/mol. The topological polar surface area (TPSA) is 0 Å². The Morgan fingerprint density at radius 3 is 1.78 bits per heavy atom. The second kappa shape index (κ2) is 3.42. The van der Waals surface area contributed by atoms with E-state index in [0.29, 0.717) is 0 Å². The molecule has 0 radical (unpaired) electrons. The third kappa shape index (κ3) is 2.43. The van der Waals surface area contributed by atoms with Gasteiger partial charge in [-0.15, -0.1) is 0 Å². The Hall–Kier alpha value is -0.610. The zero-order valence-electron chi connectivity index (χ0n) is 4.17. The monoisotopic (exact) mass is 146 g/mol. The van der Waals surface area contributed by atoms with E-state index in [4.69, 9.17) is 0 Å². The molecule has 0 heterocycles. The van der Waals surface area contributed by atoms with Crippen LogP contribution in [0.4, 0.5) is 22.0 Å². The summed E-state index contributed by atoms with van der Waals surface area (Å²) in [6.07, 6.45) is -3.55. The van der Waals surface area contributed by atoms with Gasteiger partial charge in [0.1, 0.15) is 6.67 Å². The number of allylic oxidation sites excluding steroid dienone is 2. The van der Waals surface area contributed by atoms with Crippen molar-refractivity contribution in [1.82, 2.24) is 0 Å². The minimum absolute atomic E-state index is 1.82. The molecule has 0 fully saturated rings. The van der Waals surface area contributed by atoms with E-state index in [9.17, 15) is 22.0 Å². The Labute approximate surface area is 48.0 Å². The van der Waals surface area contributed by atoms with Crippen LogP contribution in [0.5, 0.6) is 0 Å². The molecule has 0 N–H and O–H groups in total. The molecule has 54 valence electrons. The Balaban J connectivity index is 4.10. The standard InChI is InChI=1S/C4H3F5/c5-1-2(6)3(7)4(8)9/h4H,1H2. The lowest BCUT2D eigenvalue weighted by Gasteiger charge is -1.92. The van der Waals surface area contributed by atoms with Crippen molar-refractivity contribution in [2.45, 2.75) is 6.43 Å². The van der Waals surface area contributed by atoms with Crippen molar-refractivity contribution in [2.24, 2.45) is 0 Å². The predicted molar refractivity (Wildman–Crippen MR) is 21.2 cm³/mol. The summed E-state index contributed by atoms with van der Waals surface area (Å²) in [5.74, 6) is -4.36. The van der Waals surface area contributed by atoms with Gasteiger partial charge in [0.05, 0.1) is 0 Å². The SMILES string of the molecule is FCC(F)=C(F)C(F)F. The van der Waals surface area contributed by atoms with Crippen LogP contribution in [0.2, 0.25) is 0 Å². The molecule has 0 aliphatic rings. The van der Waals surface area contributed by atoms with Crippen molar-refractivity contribution in [3.05, 3.63) is 11.7 Å². The zero-order chi connectivity index (χ0) is 7.44. The fourth-order valence-corrected chi connectivity index (χ4v) is 0.182. The highest BCUT2D eigenvalue weighted by Crippen LogP contribution is 2.16. The Morgan fingerprint density at radius 1 is 1.22 bits per heavy atom. The van der Waals surface area contributed by atoms with Crippen LogP contribution in [-0.4, -0.2) is 13.1 Å². The summed E-state index contributed by atoms with van der Waals surface area (Å²) in [6, 6.07) is 0. The molecular weight excluding hydrogens is 143 g/mol. The summed E-state index contributed by atoms with van der Waals surface area (Å²) in [7, 11) is 0.